The summed E-state index contributed by atoms with van der Waals surface area (Å²) in [7, 11) is 2.08. The zero-order valence-electron chi connectivity index (χ0n) is 19.5. The van der Waals surface area contributed by atoms with E-state index >= 15 is 0 Å². The Kier molecular flexibility index (Phi) is 8.38. The van der Waals surface area contributed by atoms with Crippen LogP contribution in [0.15, 0.2) is 60.8 Å². The number of nitrogens with one attached hydrogen (secondary N) is 1. The molecule has 2 heterocycles. The van der Waals surface area contributed by atoms with Crippen LogP contribution in [-0.4, -0.2) is 53.7 Å². The summed E-state index contributed by atoms with van der Waals surface area (Å²) >= 11 is 1.76. The topological polar surface area (TPSA) is 59.5 Å². The van der Waals surface area contributed by atoms with E-state index in [0.29, 0.717) is 36.2 Å². The van der Waals surface area contributed by atoms with Gasteiger partial charge < -0.3 is 14.8 Å². The van der Waals surface area contributed by atoms with Gasteiger partial charge in [0.15, 0.2) is 0 Å². The lowest BCUT2D eigenvalue weighted by Crippen LogP contribution is -2.18. The summed E-state index contributed by atoms with van der Waals surface area (Å²) in [6.07, 6.45) is 8.68. The normalized spacial score (nSPS) is 15.4. The number of halogens is 1. The molecule has 0 spiro atoms. The molecule has 0 fully saturated rings. The van der Waals surface area contributed by atoms with Crippen LogP contribution in [0.3, 0.4) is 0 Å². The standard InChI is InChI=1S/C26H29FN4O2S/c1-31-10-4-3-5-11-32-23-16-19(14-21(27)17-23)24-8-9-28-26(30-24)29-22-6-7-25(20(15-22)18-31)33-12-13-34-2/h3-4,6-9,14-17H,5,10-13,18H2,1-2H3,(H,28,29,30)/b4-3+. The predicted octanol–water partition coefficient (Wildman–Crippen LogP) is 5.54. The van der Waals surface area contributed by atoms with E-state index in [1.807, 2.05) is 12.1 Å². The maximum Gasteiger partial charge on any atom is 0.227 e. The van der Waals surface area contributed by atoms with Crippen molar-refractivity contribution in [2.75, 3.05) is 44.1 Å². The van der Waals surface area contributed by atoms with Gasteiger partial charge in [0.1, 0.15) is 17.3 Å². The molecular weight excluding hydrogens is 451 g/mol. The molecule has 0 aliphatic carbocycles. The first kappa shape index (κ1) is 24.0. The average molecular weight is 481 g/mol. The number of anilines is 2. The van der Waals surface area contributed by atoms with Gasteiger partial charge in [0.05, 0.1) is 18.9 Å². The largest absolute Gasteiger partial charge is 0.493 e. The Morgan fingerprint density at radius 1 is 1.18 bits per heavy atom. The van der Waals surface area contributed by atoms with E-state index in [-0.39, 0.29) is 5.82 Å². The smallest absolute Gasteiger partial charge is 0.227 e. The van der Waals surface area contributed by atoms with Crippen molar-refractivity contribution < 1.29 is 13.9 Å². The molecule has 1 aliphatic rings. The molecule has 4 rings (SSSR count). The van der Waals surface area contributed by atoms with E-state index in [2.05, 4.69) is 51.7 Å². The molecule has 0 saturated carbocycles. The minimum Gasteiger partial charge on any atom is -0.493 e. The fourth-order valence-electron chi connectivity index (χ4n) is 3.63. The molecule has 2 aromatic carbocycles. The van der Waals surface area contributed by atoms with Crippen molar-refractivity contribution in [1.82, 2.24) is 14.9 Å². The minimum atomic E-state index is -0.367. The van der Waals surface area contributed by atoms with Crippen LogP contribution in [0.25, 0.3) is 11.3 Å². The number of likely N-dealkylation sites (N-methyl/N-ethyl adjacent to an activating group) is 1. The highest BCUT2D eigenvalue weighted by Crippen LogP contribution is 2.28. The molecule has 3 aromatic rings. The second-order valence-corrected chi connectivity index (χ2v) is 9.02. The highest BCUT2D eigenvalue weighted by Gasteiger charge is 2.11. The summed E-state index contributed by atoms with van der Waals surface area (Å²) in [6, 6.07) is 12.4. The third-order valence-electron chi connectivity index (χ3n) is 5.26. The summed E-state index contributed by atoms with van der Waals surface area (Å²) < 4.78 is 26.1. The molecule has 34 heavy (non-hydrogen) atoms. The number of rotatable bonds is 4. The van der Waals surface area contributed by atoms with Crippen molar-refractivity contribution >= 4 is 23.4 Å². The third kappa shape index (κ3) is 6.71. The summed E-state index contributed by atoms with van der Waals surface area (Å²) in [4.78, 5) is 11.2. The quantitative estimate of drug-likeness (QED) is 0.389. The first-order valence-electron chi connectivity index (χ1n) is 11.2. The molecule has 6 nitrogen and oxygen atoms in total. The molecule has 0 amide bonds. The highest BCUT2D eigenvalue weighted by atomic mass is 32.2. The number of nitrogens with zero attached hydrogens (tertiary/aromatic N) is 3. The van der Waals surface area contributed by atoms with E-state index < -0.39 is 0 Å². The number of benzene rings is 2. The van der Waals surface area contributed by atoms with Gasteiger partial charge in [0.2, 0.25) is 5.95 Å². The summed E-state index contributed by atoms with van der Waals surface area (Å²) in [5.41, 5.74) is 3.19. The summed E-state index contributed by atoms with van der Waals surface area (Å²) in [5.74, 6) is 2.36. The Morgan fingerprint density at radius 3 is 2.97 bits per heavy atom. The Labute approximate surface area is 204 Å². The van der Waals surface area contributed by atoms with Gasteiger partial charge in [-0.05, 0) is 56.1 Å². The third-order valence-corrected chi connectivity index (χ3v) is 5.84. The van der Waals surface area contributed by atoms with Crippen molar-refractivity contribution in [2.24, 2.45) is 0 Å². The van der Waals surface area contributed by atoms with Crippen molar-refractivity contribution in [2.45, 2.75) is 13.0 Å². The monoisotopic (exact) mass is 480 g/mol. The summed E-state index contributed by atoms with van der Waals surface area (Å²) in [6.45, 7) is 2.65. The number of fused-ring (bicyclic) bond motifs is 7. The number of aromatic nitrogens is 2. The number of hydrogen-bond donors (Lipinski definition) is 1. The second-order valence-electron chi connectivity index (χ2n) is 8.04. The van der Waals surface area contributed by atoms with Crippen LogP contribution in [0, 0.1) is 5.82 Å². The molecule has 8 heteroatoms. The average Bonchev–Trinajstić information content (AvgIpc) is 2.82. The van der Waals surface area contributed by atoms with Gasteiger partial charge in [-0.15, -0.1) is 0 Å². The SMILES string of the molecule is CSCCOc1ccc2cc1CN(C)C/C=C/CCOc1cc(F)cc(c1)-c1ccnc(n1)N2. The van der Waals surface area contributed by atoms with Crippen LogP contribution in [0.5, 0.6) is 11.5 Å². The van der Waals surface area contributed by atoms with Crippen molar-refractivity contribution in [1.29, 1.82) is 0 Å². The van der Waals surface area contributed by atoms with Crippen LogP contribution < -0.4 is 14.8 Å². The van der Waals surface area contributed by atoms with E-state index in [1.165, 1.54) is 12.1 Å². The van der Waals surface area contributed by atoms with Crippen LogP contribution in [0.2, 0.25) is 0 Å². The Hall–Kier alpha value is -3.10. The molecule has 6 bridgehead atoms. The van der Waals surface area contributed by atoms with Crippen molar-refractivity contribution in [3.8, 4) is 22.8 Å². The Balaban J connectivity index is 1.68. The van der Waals surface area contributed by atoms with Gasteiger partial charge >= 0.3 is 0 Å². The van der Waals surface area contributed by atoms with E-state index in [4.69, 9.17) is 9.47 Å². The van der Waals surface area contributed by atoms with Crippen LogP contribution >= 0.6 is 11.8 Å². The predicted molar refractivity (Wildman–Crippen MR) is 137 cm³/mol. The van der Waals surface area contributed by atoms with Crippen LogP contribution in [-0.2, 0) is 6.54 Å². The fourth-order valence-corrected chi connectivity index (χ4v) is 3.88. The van der Waals surface area contributed by atoms with Gasteiger partial charge in [-0.25, -0.2) is 14.4 Å². The summed E-state index contributed by atoms with van der Waals surface area (Å²) in [5, 5.41) is 3.28. The molecule has 1 aromatic heterocycles. The first-order valence-corrected chi connectivity index (χ1v) is 12.6. The molecular formula is C26H29FN4O2S. The van der Waals surface area contributed by atoms with E-state index in [0.717, 1.165) is 42.3 Å². The lowest BCUT2D eigenvalue weighted by Gasteiger charge is -2.19. The zero-order valence-corrected chi connectivity index (χ0v) is 20.3. The lowest BCUT2D eigenvalue weighted by atomic mass is 10.1. The lowest BCUT2D eigenvalue weighted by molar-refractivity contribution is 0.318. The van der Waals surface area contributed by atoms with E-state index in [1.54, 1.807) is 30.1 Å². The molecule has 1 N–H and O–H groups in total. The molecule has 0 saturated heterocycles. The highest BCUT2D eigenvalue weighted by molar-refractivity contribution is 7.98. The van der Waals surface area contributed by atoms with Crippen molar-refractivity contribution in [3.63, 3.8) is 0 Å². The maximum absolute atomic E-state index is 14.3. The van der Waals surface area contributed by atoms with Gasteiger partial charge in [-0.2, -0.15) is 11.8 Å². The zero-order chi connectivity index (χ0) is 23.8. The molecule has 0 radical (unpaired) electrons. The molecule has 0 unspecified atom stereocenters. The molecule has 1 aliphatic heterocycles. The fraction of sp³-hybridized carbons (Fsp3) is 0.308. The van der Waals surface area contributed by atoms with E-state index in [9.17, 15) is 4.39 Å². The van der Waals surface area contributed by atoms with Crippen LogP contribution in [0.4, 0.5) is 16.0 Å². The first-order chi connectivity index (χ1) is 16.6. The minimum absolute atomic E-state index is 0.367. The number of ether oxygens (including phenoxy) is 2. The van der Waals surface area contributed by atoms with Gasteiger partial charge in [0, 0.05) is 47.9 Å². The number of thioether (sulfide) groups is 1. The van der Waals surface area contributed by atoms with Crippen molar-refractivity contribution in [3.05, 3.63) is 72.2 Å². The second kappa shape index (κ2) is 11.9. The molecule has 0 atom stereocenters. The van der Waals surface area contributed by atoms with Gasteiger partial charge in [0.25, 0.3) is 0 Å². The maximum atomic E-state index is 14.3. The Morgan fingerprint density at radius 2 is 2.09 bits per heavy atom. The van der Waals surface area contributed by atoms with Crippen LogP contribution in [0.1, 0.15) is 12.0 Å². The van der Waals surface area contributed by atoms with Gasteiger partial charge in [-0.1, -0.05) is 12.2 Å². The number of hydrogen-bond acceptors (Lipinski definition) is 7. The van der Waals surface area contributed by atoms with Gasteiger partial charge in [-0.3, -0.25) is 4.90 Å². The Bertz CT molecular complexity index is 1140. The molecule has 178 valence electrons.